The normalized spacial score (nSPS) is 12.1. The summed E-state index contributed by atoms with van der Waals surface area (Å²) in [5, 5.41) is 11.8. The van der Waals surface area contributed by atoms with Crippen molar-refractivity contribution in [2.24, 2.45) is 5.41 Å². The fourth-order valence-electron chi connectivity index (χ4n) is 1.30. The van der Waals surface area contributed by atoms with E-state index in [1.54, 1.807) is 7.11 Å². The molecule has 6 nitrogen and oxygen atoms in total. The molecule has 0 aliphatic rings. The Kier molecular flexibility index (Phi) is 6.29. The number of carbonyl (C=O) groups is 2. The van der Waals surface area contributed by atoms with Crippen molar-refractivity contribution in [3.8, 4) is 0 Å². The Morgan fingerprint density at radius 2 is 1.79 bits per heavy atom. The van der Waals surface area contributed by atoms with Gasteiger partial charge in [-0.15, -0.1) is 0 Å². The molecule has 0 atom stereocenters. The highest BCUT2D eigenvalue weighted by atomic mass is 16.5. The molecule has 0 rings (SSSR count). The van der Waals surface area contributed by atoms with Gasteiger partial charge in [0.15, 0.2) is 0 Å². The van der Waals surface area contributed by atoms with Crippen molar-refractivity contribution < 1.29 is 19.4 Å². The van der Waals surface area contributed by atoms with E-state index in [0.717, 1.165) is 6.42 Å². The molecule has 6 heteroatoms. The molecule has 0 aromatic rings. The largest absolute Gasteiger partial charge is 0.480 e. The monoisotopic (exact) mass is 274 g/mol. The van der Waals surface area contributed by atoms with Crippen LogP contribution < -0.4 is 5.32 Å². The van der Waals surface area contributed by atoms with Gasteiger partial charge in [0.2, 0.25) is 0 Å². The van der Waals surface area contributed by atoms with E-state index in [0.29, 0.717) is 13.2 Å². The van der Waals surface area contributed by atoms with Gasteiger partial charge in [0.25, 0.3) is 0 Å². The summed E-state index contributed by atoms with van der Waals surface area (Å²) in [6.07, 6.45) is 0.815. The van der Waals surface area contributed by atoms with Gasteiger partial charge in [-0.2, -0.15) is 0 Å². The van der Waals surface area contributed by atoms with Crippen LogP contribution in [-0.4, -0.2) is 54.9 Å². The number of amides is 2. The van der Waals surface area contributed by atoms with E-state index in [1.807, 2.05) is 13.8 Å². The SMILES string of the molecule is COCCC(C)(C)CNC(=O)N(C)C(C)(C)C(=O)O. The molecule has 19 heavy (non-hydrogen) atoms. The Morgan fingerprint density at radius 1 is 1.26 bits per heavy atom. The van der Waals surface area contributed by atoms with Crippen molar-refractivity contribution in [3.63, 3.8) is 0 Å². The van der Waals surface area contributed by atoms with Gasteiger partial charge < -0.3 is 20.1 Å². The van der Waals surface area contributed by atoms with Crippen LogP contribution in [0.4, 0.5) is 4.79 Å². The second-order valence-electron chi connectivity index (χ2n) is 5.99. The van der Waals surface area contributed by atoms with E-state index in [2.05, 4.69) is 5.32 Å². The highest BCUT2D eigenvalue weighted by molar-refractivity contribution is 5.85. The predicted octanol–water partition coefficient (Wildman–Crippen LogP) is 1.55. The molecule has 112 valence electrons. The smallest absolute Gasteiger partial charge is 0.329 e. The van der Waals surface area contributed by atoms with Crippen LogP contribution in [0.15, 0.2) is 0 Å². The first-order chi connectivity index (χ1) is 8.54. The van der Waals surface area contributed by atoms with Gasteiger partial charge in [0.05, 0.1) is 0 Å². The van der Waals surface area contributed by atoms with E-state index in [4.69, 9.17) is 9.84 Å². The molecule has 0 radical (unpaired) electrons. The van der Waals surface area contributed by atoms with Gasteiger partial charge in [-0.05, 0) is 25.7 Å². The van der Waals surface area contributed by atoms with E-state index in [1.165, 1.54) is 25.8 Å². The summed E-state index contributed by atoms with van der Waals surface area (Å²) in [6, 6.07) is -0.391. The lowest BCUT2D eigenvalue weighted by molar-refractivity contribution is -0.146. The maximum absolute atomic E-state index is 11.9. The Balaban J connectivity index is 4.43. The fraction of sp³-hybridized carbons (Fsp3) is 0.846. The molecule has 0 unspecified atom stereocenters. The summed E-state index contributed by atoms with van der Waals surface area (Å²) in [5.74, 6) is -1.04. The zero-order valence-electron chi connectivity index (χ0n) is 12.7. The third kappa shape index (κ3) is 5.46. The van der Waals surface area contributed by atoms with Crippen LogP contribution in [0, 0.1) is 5.41 Å². The number of likely N-dealkylation sites (N-methyl/N-ethyl adjacent to an activating group) is 1. The highest BCUT2D eigenvalue weighted by Gasteiger charge is 2.35. The Hall–Kier alpha value is -1.30. The van der Waals surface area contributed by atoms with Crippen molar-refractivity contribution in [2.45, 2.75) is 39.7 Å². The fourth-order valence-corrected chi connectivity index (χ4v) is 1.30. The molecule has 0 fully saturated rings. The maximum Gasteiger partial charge on any atom is 0.329 e. The Bertz CT molecular complexity index is 327. The first-order valence-electron chi connectivity index (χ1n) is 6.28. The van der Waals surface area contributed by atoms with Crippen LogP contribution in [0.25, 0.3) is 0 Å². The number of carboxylic acid groups (broad SMARTS) is 1. The molecule has 0 aliphatic carbocycles. The number of nitrogens with one attached hydrogen (secondary N) is 1. The number of carboxylic acids is 1. The summed E-state index contributed by atoms with van der Waals surface area (Å²) in [7, 11) is 3.11. The summed E-state index contributed by atoms with van der Waals surface area (Å²) in [5.41, 5.74) is -1.33. The number of ether oxygens (including phenoxy) is 1. The van der Waals surface area contributed by atoms with E-state index >= 15 is 0 Å². The lowest BCUT2D eigenvalue weighted by Gasteiger charge is -2.33. The zero-order valence-corrected chi connectivity index (χ0v) is 12.7. The van der Waals surface area contributed by atoms with Crippen LogP contribution in [0.5, 0.6) is 0 Å². The van der Waals surface area contributed by atoms with Gasteiger partial charge in [-0.25, -0.2) is 9.59 Å². The minimum Gasteiger partial charge on any atom is -0.480 e. The number of methoxy groups -OCH3 is 1. The summed E-state index contributed by atoms with van der Waals surface area (Å²) < 4.78 is 5.02. The van der Waals surface area contributed by atoms with Crippen LogP contribution >= 0.6 is 0 Å². The molecule has 0 saturated heterocycles. The number of nitrogens with zero attached hydrogens (tertiary/aromatic N) is 1. The molecule has 0 saturated carbocycles. The second-order valence-corrected chi connectivity index (χ2v) is 5.99. The van der Waals surface area contributed by atoms with Gasteiger partial charge in [0, 0.05) is 27.3 Å². The first kappa shape index (κ1) is 17.7. The Morgan fingerprint density at radius 3 is 2.21 bits per heavy atom. The van der Waals surface area contributed by atoms with Crippen molar-refractivity contribution in [2.75, 3.05) is 27.3 Å². The van der Waals surface area contributed by atoms with Crippen LogP contribution in [0.3, 0.4) is 0 Å². The number of rotatable bonds is 7. The summed E-state index contributed by atoms with van der Waals surface area (Å²) in [4.78, 5) is 24.2. The average molecular weight is 274 g/mol. The number of carbonyl (C=O) groups excluding carboxylic acids is 1. The first-order valence-corrected chi connectivity index (χ1v) is 6.28. The maximum atomic E-state index is 11.9. The Labute approximate surface area is 115 Å². The predicted molar refractivity (Wildman–Crippen MR) is 73.2 cm³/mol. The molecular weight excluding hydrogens is 248 g/mol. The van der Waals surface area contributed by atoms with E-state index < -0.39 is 17.5 Å². The highest BCUT2D eigenvalue weighted by Crippen LogP contribution is 2.19. The van der Waals surface area contributed by atoms with E-state index in [-0.39, 0.29) is 5.41 Å². The molecule has 0 aromatic carbocycles. The molecule has 0 heterocycles. The zero-order chi connectivity index (χ0) is 15.3. The third-order valence-electron chi connectivity index (χ3n) is 3.37. The van der Waals surface area contributed by atoms with Crippen molar-refractivity contribution in [1.82, 2.24) is 10.2 Å². The molecule has 0 aliphatic heterocycles. The van der Waals surface area contributed by atoms with Crippen LogP contribution in [0.2, 0.25) is 0 Å². The number of urea groups is 1. The number of hydrogen-bond acceptors (Lipinski definition) is 3. The van der Waals surface area contributed by atoms with Gasteiger partial charge in [-0.1, -0.05) is 13.8 Å². The van der Waals surface area contributed by atoms with Crippen molar-refractivity contribution in [3.05, 3.63) is 0 Å². The minimum atomic E-state index is -1.24. The quantitative estimate of drug-likeness (QED) is 0.738. The van der Waals surface area contributed by atoms with Gasteiger partial charge >= 0.3 is 12.0 Å². The lowest BCUT2D eigenvalue weighted by atomic mass is 9.90. The summed E-state index contributed by atoms with van der Waals surface area (Å²) >= 11 is 0. The van der Waals surface area contributed by atoms with Crippen molar-refractivity contribution >= 4 is 12.0 Å². The molecule has 0 bridgehead atoms. The minimum absolute atomic E-state index is 0.0973. The molecular formula is C13H26N2O4. The van der Waals surface area contributed by atoms with Gasteiger partial charge in [0.1, 0.15) is 5.54 Å². The average Bonchev–Trinajstić information content (AvgIpc) is 2.32. The van der Waals surface area contributed by atoms with E-state index in [9.17, 15) is 9.59 Å². The second kappa shape index (κ2) is 6.75. The van der Waals surface area contributed by atoms with Gasteiger partial charge in [-0.3, -0.25) is 0 Å². The summed E-state index contributed by atoms with van der Waals surface area (Å²) in [6.45, 7) is 8.12. The number of aliphatic carboxylic acids is 1. The standard InChI is InChI=1S/C13H26N2O4/c1-12(2,7-8-19-6)9-14-11(18)15(5)13(3,4)10(16)17/h7-9H2,1-6H3,(H,14,18)(H,16,17). The third-order valence-corrected chi connectivity index (χ3v) is 3.37. The number of hydrogen-bond donors (Lipinski definition) is 2. The van der Waals surface area contributed by atoms with Crippen LogP contribution in [-0.2, 0) is 9.53 Å². The lowest BCUT2D eigenvalue weighted by Crippen LogP contribution is -2.55. The molecule has 2 N–H and O–H groups in total. The topological polar surface area (TPSA) is 78.9 Å². The van der Waals surface area contributed by atoms with Crippen LogP contribution in [0.1, 0.15) is 34.1 Å². The molecule has 0 aromatic heterocycles. The van der Waals surface area contributed by atoms with Crippen molar-refractivity contribution in [1.29, 1.82) is 0 Å². The molecule has 0 spiro atoms. The molecule has 2 amide bonds.